The second-order valence-electron chi connectivity index (χ2n) is 8.31. The van der Waals surface area contributed by atoms with Crippen molar-refractivity contribution in [2.45, 2.75) is 13.8 Å². The Morgan fingerprint density at radius 3 is 1.64 bits per heavy atom. The van der Waals surface area contributed by atoms with Crippen molar-refractivity contribution in [3.63, 3.8) is 0 Å². The first kappa shape index (κ1) is 21.8. The van der Waals surface area contributed by atoms with E-state index in [0.717, 1.165) is 31.2 Å². The summed E-state index contributed by atoms with van der Waals surface area (Å²) in [6.45, 7) is 4.00. The first-order valence-corrected chi connectivity index (χ1v) is 12.0. The number of benzene rings is 4. The molecule has 0 bridgehead atoms. The summed E-state index contributed by atoms with van der Waals surface area (Å²) in [5, 5.41) is 0. The Morgan fingerprint density at radius 2 is 1.09 bits per heavy atom. The zero-order chi connectivity index (χ0) is 23.4. The largest absolute Gasteiger partial charge is 0.398 e. The van der Waals surface area contributed by atoms with E-state index in [1.807, 2.05) is 56.3 Å². The summed E-state index contributed by atoms with van der Waals surface area (Å²) in [4.78, 5) is 27.7. The monoisotopic (exact) mass is 559 g/mol. The zero-order valence-corrected chi connectivity index (χ0v) is 21.2. The molecule has 4 aromatic carbocycles. The van der Waals surface area contributed by atoms with Crippen molar-refractivity contribution in [2.24, 2.45) is 0 Å². The minimum absolute atomic E-state index is 0.174. The van der Waals surface area contributed by atoms with Gasteiger partial charge in [0.1, 0.15) is 0 Å². The molecule has 0 atom stereocenters. The first-order valence-electron chi connectivity index (χ1n) is 10.5. The third-order valence-electron chi connectivity index (χ3n) is 6.04. The van der Waals surface area contributed by atoms with E-state index in [1.54, 1.807) is 24.3 Å². The van der Waals surface area contributed by atoms with Crippen LogP contribution in [0.5, 0.6) is 0 Å². The zero-order valence-electron chi connectivity index (χ0n) is 18.0. The van der Waals surface area contributed by atoms with Crippen LogP contribution in [0.3, 0.4) is 0 Å². The lowest BCUT2D eigenvalue weighted by atomic mass is 9.76. The van der Waals surface area contributed by atoms with Crippen molar-refractivity contribution in [3.05, 3.63) is 109 Å². The van der Waals surface area contributed by atoms with Crippen molar-refractivity contribution in [2.75, 3.05) is 5.73 Å². The van der Waals surface area contributed by atoms with Gasteiger partial charge in [-0.1, -0.05) is 80.4 Å². The minimum Gasteiger partial charge on any atom is -0.398 e. The fraction of sp³-hybridized carbons (Fsp3) is 0.0714. The summed E-state index contributed by atoms with van der Waals surface area (Å²) < 4.78 is 1.66. The number of fused-ring (bicyclic) bond motifs is 2. The van der Waals surface area contributed by atoms with Crippen molar-refractivity contribution >= 4 is 49.1 Å². The number of ketones is 2. The number of anilines is 1. The van der Waals surface area contributed by atoms with Gasteiger partial charge in [0.25, 0.3) is 0 Å². The van der Waals surface area contributed by atoms with Crippen LogP contribution in [0.15, 0.2) is 75.7 Å². The highest BCUT2D eigenvalue weighted by Crippen LogP contribution is 2.46. The van der Waals surface area contributed by atoms with Crippen molar-refractivity contribution in [1.82, 2.24) is 0 Å². The molecule has 162 valence electrons. The molecule has 0 amide bonds. The number of hydrogen-bond donors (Lipinski definition) is 1. The van der Waals surface area contributed by atoms with Gasteiger partial charge < -0.3 is 5.73 Å². The van der Waals surface area contributed by atoms with E-state index in [2.05, 4.69) is 31.9 Å². The molecule has 0 radical (unpaired) electrons. The van der Waals surface area contributed by atoms with Crippen molar-refractivity contribution in [3.8, 4) is 22.3 Å². The molecule has 0 spiro atoms. The third-order valence-corrected chi connectivity index (χ3v) is 7.35. The number of nitrogens with two attached hydrogens (primary N) is 1. The van der Waals surface area contributed by atoms with E-state index >= 15 is 0 Å². The lowest BCUT2D eigenvalue weighted by Crippen LogP contribution is -2.23. The lowest BCUT2D eigenvalue weighted by Gasteiger charge is -2.25. The van der Waals surface area contributed by atoms with Gasteiger partial charge >= 0.3 is 0 Å². The van der Waals surface area contributed by atoms with Gasteiger partial charge in [-0.3, -0.25) is 9.59 Å². The standard InChI is InChI=1S/C28H19Br2NO2/c1-14-7-9-16(21(29)11-14)20-13-23(31)24(19-10-8-15(2)12-22(19)30)26-25(20)27(32)17-5-3-4-6-18(17)28(26)33/h3-13H,31H2,1-2H3. The first-order chi connectivity index (χ1) is 15.8. The molecule has 1 aliphatic carbocycles. The molecule has 0 saturated carbocycles. The number of nitrogen functional groups attached to an aromatic ring is 1. The summed E-state index contributed by atoms with van der Waals surface area (Å²) in [6, 6.07) is 20.6. The van der Waals surface area contributed by atoms with Gasteiger partial charge in [0.15, 0.2) is 11.6 Å². The van der Waals surface area contributed by atoms with Gasteiger partial charge in [0.05, 0.1) is 0 Å². The Balaban J connectivity index is 1.92. The van der Waals surface area contributed by atoms with E-state index in [4.69, 9.17) is 5.73 Å². The van der Waals surface area contributed by atoms with E-state index in [1.165, 1.54) is 0 Å². The highest BCUT2D eigenvalue weighted by molar-refractivity contribution is 9.11. The molecule has 2 N–H and O–H groups in total. The quantitative estimate of drug-likeness (QED) is 0.227. The van der Waals surface area contributed by atoms with Crippen LogP contribution in [0.2, 0.25) is 0 Å². The Hall–Kier alpha value is -3.02. The number of carbonyl (C=O) groups is 2. The van der Waals surface area contributed by atoms with Crippen LogP contribution in [-0.2, 0) is 0 Å². The summed E-state index contributed by atoms with van der Waals surface area (Å²) in [5.74, 6) is -0.369. The molecule has 0 aromatic heterocycles. The van der Waals surface area contributed by atoms with Gasteiger partial charge in [-0.15, -0.1) is 0 Å². The summed E-state index contributed by atoms with van der Waals surface area (Å²) >= 11 is 7.28. The molecule has 0 heterocycles. The van der Waals surface area contributed by atoms with E-state index in [-0.39, 0.29) is 11.6 Å². The molecule has 0 unspecified atom stereocenters. The van der Waals surface area contributed by atoms with Gasteiger partial charge in [0, 0.05) is 42.5 Å². The summed E-state index contributed by atoms with van der Waals surface area (Å²) in [5.41, 5.74) is 13.6. The second kappa shape index (κ2) is 8.08. The molecule has 1 aliphatic rings. The van der Waals surface area contributed by atoms with Gasteiger partial charge in [-0.25, -0.2) is 0 Å². The molecular formula is C28H19Br2NO2. The maximum absolute atomic E-state index is 13.9. The molecule has 33 heavy (non-hydrogen) atoms. The van der Waals surface area contributed by atoms with Crippen LogP contribution in [0.25, 0.3) is 22.3 Å². The second-order valence-corrected chi connectivity index (χ2v) is 10.0. The average Bonchev–Trinajstić information content (AvgIpc) is 2.77. The highest BCUT2D eigenvalue weighted by Gasteiger charge is 2.36. The van der Waals surface area contributed by atoms with Crippen LogP contribution in [0.1, 0.15) is 43.0 Å². The predicted molar refractivity (Wildman–Crippen MR) is 140 cm³/mol. The lowest BCUT2D eigenvalue weighted by molar-refractivity contribution is 0.0980. The van der Waals surface area contributed by atoms with Crippen LogP contribution >= 0.6 is 31.9 Å². The molecule has 0 aliphatic heterocycles. The number of carbonyl (C=O) groups excluding carboxylic acids is 2. The molecule has 5 rings (SSSR count). The minimum atomic E-state index is -0.195. The van der Waals surface area contributed by atoms with Gasteiger partial charge in [0.2, 0.25) is 0 Å². The Bertz CT molecular complexity index is 1500. The molecule has 0 saturated heterocycles. The molecule has 4 aromatic rings. The maximum Gasteiger partial charge on any atom is 0.195 e. The Kier molecular flexibility index (Phi) is 5.34. The van der Waals surface area contributed by atoms with Crippen molar-refractivity contribution in [1.29, 1.82) is 0 Å². The van der Waals surface area contributed by atoms with Crippen LogP contribution < -0.4 is 5.73 Å². The average molecular weight is 561 g/mol. The normalized spacial score (nSPS) is 12.5. The predicted octanol–water partition coefficient (Wildman–Crippen LogP) is 7.52. The van der Waals surface area contributed by atoms with Crippen LogP contribution in [-0.4, -0.2) is 11.6 Å². The van der Waals surface area contributed by atoms with Crippen LogP contribution in [0.4, 0.5) is 5.69 Å². The van der Waals surface area contributed by atoms with E-state index < -0.39 is 0 Å². The van der Waals surface area contributed by atoms with Crippen LogP contribution in [0, 0.1) is 13.8 Å². The summed E-state index contributed by atoms with van der Waals surface area (Å²) in [6.07, 6.45) is 0. The number of hydrogen-bond acceptors (Lipinski definition) is 3. The van der Waals surface area contributed by atoms with Crippen molar-refractivity contribution < 1.29 is 9.59 Å². The Labute approximate surface area is 208 Å². The highest BCUT2D eigenvalue weighted by atomic mass is 79.9. The van der Waals surface area contributed by atoms with Gasteiger partial charge in [-0.2, -0.15) is 0 Å². The fourth-order valence-electron chi connectivity index (χ4n) is 4.48. The maximum atomic E-state index is 13.9. The Morgan fingerprint density at radius 1 is 0.576 bits per heavy atom. The molecule has 3 nitrogen and oxygen atoms in total. The molecular weight excluding hydrogens is 542 g/mol. The number of rotatable bonds is 2. The SMILES string of the molecule is Cc1ccc(-c2cc(N)c(-c3ccc(C)cc3Br)c3c2C(=O)c2ccccc2C3=O)c(Br)c1. The molecule has 0 fully saturated rings. The fourth-order valence-corrected chi connectivity index (χ4v) is 5.88. The number of aryl methyl sites for hydroxylation is 2. The third kappa shape index (κ3) is 3.47. The van der Waals surface area contributed by atoms with Gasteiger partial charge in [-0.05, 0) is 59.9 Å². The summed E-state index contributed by atoms with van der Waals surface area (Å²) in [7, 11) is 0. The molecule has 5 heteroatoms. The number of halogens is 2. The topological polar surface area (TPSA) is 60.2 Å². The van der Waals surface area contributed by atoms with E-state index in [0.29, 0.717) is 39.1 Å². The van der Waals surface area contributed by atoms with E-state index in [9.17, 15) is 9.59 Å². The smallest absolute Gasteiger partial charge is 0.195 e.